The van der Waals surface area contributed by atoms with Gasteiger partial charge in [0, 0.05) is 16.8 Å². The Morgan fingerprint density at radius 1 is 1.33 bits per heavy atom. The van der Waals surface area contributed by atoms with E-state index in [1.807, 2.05) is 37.4 Å². The number of halogens is 1. The Hall–Kier alpha value is -0.230. The molecule has 1 N–H and O–H groups in total. The zero-order valence-electron chi connectivity index (χ0n) is 10.5. The van der Waals surface area contributed by atoms with Crippen molar-refractivity contribution in [2.45, 2.75) is 24.3 Å². The third-order valence-corrected chi connectivity index (χ3v) is 5.07. The molecule has 18 heavy (non-hydrogen) atoms. The molecule has 0 radical (unpaired) electrons. The van der Waals surface area contributed by atoms with Crippen molar-refractivity contribution in [3.63, 3.8) is 0 Å². The number of benzene rings is 1. The van der Waals surface area contributed by atoms with E-state index in [1.54, 1.807) is 11.8 Å². The molecule has 1 aromatic rings. The summed E-state index contributed by atoms with van der Waals surface area (Å²) in [6, 6.07) is 7.65. The molecule has 0 bridgehead atoms. The molecule has 1 aromatic carbocycles. The number of thioether (sulfide) groups is 1. The summed E-state index contributed by atoms with van der Waals surface area (Å²) in [5.41, 5.74) is 0.960. The molecule has 0 aliphatic carbocycles. The maximum atomic E-state index is 11.7. The second-order valence-electron chi connectivity index (χ2n) is 3.97. The lowest BCUT2D eigenvalue weighted by Gasteiger charge is -2.14. The molecule has 0 fully saturated rings. The number of alkyl halides is 1. The quantitative estimate of drug-likeness (QED) is 0.622. The molecule has 1 unspecified atom stereocenters. The van der Waals surface area contributed by atoms with Gasteiger partial charge in [-0.2, -0.15) is 0 Å². The highest BCUT2D eigenvalue weighted by molar-refractivity contribution is 7.98. The summed E-state index contributed by atoms with van der Waals surface area (Å²) in [6.45, 7) is 1.84. The fraction of sp³-hybridized carbons (Fsp3) is 0.500. The molecule has 0 spiro atoms. The lowest BCUT2D eigenvalue weighted by Crippen LogP contribution is -2.29. The zero-order chi connectivity index (χ0) is 13.6. The van der Waals surface area contributed by atoms with Crippen LogP contribution in [-0.2, 0) is 10.0 Å². The van der Waals surface area contributed by atoms with E-state index in [4.69, 9.17) is 11.6 Å². The summed E-state index contributed by atoms with van der Waals surface area (Å²) < 4.78 is 26.1. The van der Waals surface area contributed by atoms with Crippen molar-refractivity contribution in [2.75, 3.05) is 17.9 Å². The van der Waals surface area contributed by atoms with Crippen LogP contribution in [0, 0.1) is 0 Å². The van der Waals surface area contributed by atoms with Crippen molar-refractivity contribution in [3.05, 3.63) is 29.8 Å². The minimum Gasteiger partial charge on any atom is -0.212 e. The van der Waals surface area contributed by atoms with Crippen LogP contribution in [0.5, 0.6) is 0 Å². The maximum Gasteiger partial charge on any atom is 0.212 e. The van der Waals surface area contributed by atoms with Crippen LogP contribution in [-0.4, -0.2) is 26.3 Å². The predicted octanol–water partition coefficient (Wildman–Crippen LogP) is 3.02. The van der Waals surface area contributed by atoms with Gasteiger partial charge in [0.2, 0.25) is 10.0 Å². The minimum absolute atomic E-state index is 0.0732. The number of hydrogen-bond donors (Lipinski definition) is 1. The van der Waals surface area contributed by atoms with E-state index in [2.05, 4.69) is 4.72 Å². The average molecular weight is 308 g/mol. The van der Waals surface area contributed by atoms with Gasteiger partial charge in [0.05, 0.1) is 5.75 Å². The van der Waals surface area contributed by atoms with Crippen molar-refractivity contribution in [1.29, 1.82) is 0 Å². The van der Waals surface area contributed by atoms with E-state index >= 15 is 0 Å². The van der Waals surface area contributed by atoms with Gasteiger partial charge in [-0.05, 0) is 37.3 Å². The van der Waals surface area contributed by atoms with Crippen molar-refractivity contribution in [3.8, 4) is 0 Å². The molecular weight excluding hydrogens is 290 g/mol. The molecule has 0 saturated heterocycles. The first kappa shape index (κ1) is 15.8. The number of sulfonamides is 1. The molecule has 102 valence electrons. The standard InChI is InChI=1S/C12H18ClNO2S2/c1-10(14-18(15,16)9-3-8-13)11-4-6-12(17-2)7-5-11/h4-7,10,14H,3,8-9H2,1-2H3. The largest absolute Gasteiger partial charge is 0.212 e. The Bertz CT molecular complexity index is 459. The van der Waals surface area contributed by atoms with Crippen LogP contribution in [0.4, 0.5) is 0 Å². The van der Waals surface area contributed by atoms with Crippen LogP contribution in [0.1, 0.15) is 24.9 Å². The summed E-state index contributed by atoms with van der Waals surface area (Å²) in [6.07, 6.45) is 2.47. The first-order valence-electron chi connectivity index (χ1n) is 5.68. The van der Waals surface area contributed by atoms with Crippen LogP contribution in [0.25, 0.3) is 0 Å². The zero-order valence-corrected chi connectivity index (χ0v) is 12.9. The van der Waals surface area contributed by atoms with Crippen molar-refractivity contribution in [1.82, 2.24) is 4.72 Å². The van der Waals surface area contributed by atoms with Crippen LogP contribution >= 0.6 is 23.4 Å². The summed E-state index contributed by atoms with van der Waals surface area (Å²) in [4.78, 5) is 1.16. The monoisotopic (exact) mass is 307 g/mol. The summed E-state index contributed by atoms with van der Waals surface area (Å²) in [5.74, 6) is 0.432. The molecule has 0 aromatic heterocycles. The molecule has 0 heterocycles. The maximum absolute atomic E-state index is 11.7. The minimum atomic E-state index is -3.25. The smallest absolute Gasteiger partial charge is 0.212 e. The second kappa shape index (κ2) is 7.38. The lowest BCUT2D eigenvalue weighted by atomic mass is 10.1. The molecule has 0 amide bonds. The van der Waals surface area contributed by atoms with Crippen LogP contribution in [0.2, 0.25) is 0 Å². The molecule has 0 saturated carbocycles. The highest BCUT2D eigenvalue weighted by Gasteiger charge is 2.15. The van der Waals surface area contributed by atoms with E-state index < -0.39 is 10.0 Å². The summed E-state index contributed by atoms with van der Waals surface area (Å²) in [5, 5.41) is 0. The average Bonchev–Trinajstić information content (AvgIpc) is 2.36. The third kappa shape index (κ3) is 5.18. The van der Waals surface area contributed by atoms with Gasteiger partial charge < -0.3 is 0 Å². The fourth-order valence-corrected chi connectivity index (χ4v) is 3.55. The van der Waals surface area contributed by atoms with Crippen molar-refractivity contribution < 1.29 is 8.42 Å². The highest BCUT2D eigenvalue weighted by atomic mass is 35.5. The van der Waals surface area contributed by atoms with Crippen LogP contribution < -0.4 is 4.72 Å². The van der Waals surface area contributed by atoms with Gasteiger partial charge in [-0.3, -0.25) is 0 Å². The van der Waals surface area contributed by atoms with Gasteiger partial charge in [0.15, 0.2) is 0 Å². The number of nitrogens with one attached hydrogen (secondary N) is 1. The summed E-state index contributed by atoms with van der Waals surface area (Å²) in [7, 11) is -3.25. The topological polar surface area (TPSA) is 46.2 Å². The van der Waals surface area contributed by atoms with E-state index in [9.17, 15) is 8.42 Å². The molecule has 0 aliphatic rings. The van der Waals surface area contributed by atoms with E-state index in [-0.39, 0.29) is 11.8 Å². The van der Waals surface area contributed by atoms with Gasteiger partial charge >= 0.3 is 0 Å². The van der Waals surface area contributed by atoms with Crippen molar-refractivity contribution in [2.24, 2.45) is 0 Å². The first-order valence-corrected chi connectivity index (χ1v) is 9.09. The fourth-order valence-electron chi connectivity index (χ4n) is 1.53. The SMILES string of the molecule is CSc1ccc(C(C)NS(=O)(=O)CCCCl)cc1. The van der Waals surface area contributed by atoms with Crippen LogP contribution in [0.15, 0.2) is 29.2 Å². The Kier molecular flexibility index (Phi) is 6.49. The number of hydrogen-bond acceptors (Lipinski definition) is 3. The molecule has 3 nitrogen and oxygen atoms in total. The Morgan fingerprint density at radius 2 is 1.94 bits per heavy atom. The third-order valence-electron chi connectivity index (χ3n) is 2.52. The molecule has 1 atom stereocenters. The van der Waals surface area contributed by atoms with Crippen LogP contribution in [0.3, 0.4) is 0 Å². The van der Waals surface area contributed by atoms with Crippen molar-refractivity contribution >= 4 is 33.4 Å². The van der Waals surface area contributed by atoms with Gasteiger partial charge in [0.1, 0.15) is 0 Å². The van der Waals surface area contributed by atoms with Gasteiger partial charge in [0.25, 0.3) is 0 Å². The first-order chi connectivity index (χ1) is 8.48. The predicted molar refractivity (Wildman–Crippen MR) is 78.9 cm³/mol. The Morgan fingerprint density at radius 3 is 2.44 bits per heavy atom. The normalized spacial score (nSPS) is 13.5. The van der Waals surface area contributed by atoms with Gasteiger partial charge in [-0.25, -0.2) is 13.1 Å². The summed E-state index contributed by atoms with van der Waals surface area (Å²) >= 11 is 7.16. The van der Waals surface area contributed by atoms with Gasteiger partial charge in [-0.15, -0.1) is 23.4 Å². The lowest BCUT2D eigenvalue weighted by molar-refractivity contribution is 0.565. The highest BCUT2D eigenvalue weighted by Crippen LogP contribution is 2.19. The Labute approximate surface area is 118 Å². The molecule has 6 heteroatoms. The van der Waals surface area contributed by atoms with E-state index in [0.29, 0.717) is 12.3 Å². The van der Waals surface area contributed by atoms with E-state index in [1.165, 1.54) is 0 Å². The Balaban J connectivity index is 2.66. The molecule has 0 aliphatic heterocycles. The molecule has 1 rings (SSSR count). The molecular formula is C12H18ClNO2S2. The second-order valence-corrected chi connectivity index (χ2v) is 7.11. The van der Waals surface area contributed by atoms with Gasteiger partial charge in [-0.1, -0.05) is 12.1 Å². The number of rotatable bonds is 7. The van der Waals surface area contributed by atoms with E-state index in [0.717, 1.165) is 10.5 Å².